The first-order valence-corrected chi connectivity index (χ1v) is 13.2. The van der Waals surface area contributed by atoms with Gasteiger partial charge in [0.2, 0.25) is 0 Å². The number of benzene rings is 2. The fourth-order valence-electron chi connectivity index (χ4n) is 4.08. The maximum atomic E-state index is 12.7. The van der Waals surface area contributed by atoms with Crippen molar-refractivity contribution in [3.8, 4) is 22.6 Å². The van der Waals surface area contributed by atoms with Gasteiger partial charge in [-0.05, 0) is 70.7 Å². The molecule has 0 saturated heterocycles. The number of ether oxygens (including phenoxy) is 1. The number of fused-ring (bicyclic) bond motifs is 1. The maximum Gasteiger partial charge on any atom is 0.309 e. The summed E-state index contributed by atoms with van der Waals surface area (Å²) in [7, 11) is 3.38. The van der Waals surface area contributed by atoms with Crippen LogP contribution in [0.1, 0.15) is 20.3 Å². The molecule has 2 N–H and O–H groups in total. The van der Waals surface area contributed by atoms with Gasteiger partial charge in [0.15, 0.2) is 0 Å². The molecule has 2 aromatic carbocycles. The number of methoxy groups -OCH3 is 1. The highest BCUT2D eigenvalue weighted by molar-refractivity contribution is 7.87. The number of nitrogens with one attached hydrogen (secondary N) is 2. The molecule has 0 fully saturated rings. The molecule has 35 heavy (non-hydrogen) atoms. The molecule has 10 heteroatoms. The number of likely N-dealkylation sites (N-methyl/N-ethyl adjacent to an activating group) is 3. The molecule has 2 aromatic rings. The summed E-state index contributed by atoms with van der Waals surface area (Å²) < 4.78 is 35.9. The summed E-state index contributed by atoms with van der Waals surface area (Å²) in [5.74, 6) is 0.566. The van der Waals surface area contributed by atoms with Crippen molar-refractivity contribution in [3.63, 3.8) is 0 Å². The summed E-state index contributed by atoms with van der Waals surface area (Å²) >= 11 is 0. The van der Waals surface area contributed by atoms with E-state index in [2.05, 4.69) is 15.5 Å². The van der Waals surface area contributed by atoms with E-state index in [1.54, 1.807) is 30.1 Å². The third-order valence-electron chi connectivity index (χ3n) is 6.03. The standard InChI is InChI=1S/C25H36N4O5S/c1-25(2)24(30)29(5)22-16-18(8-11-21(22)27-25)20-10-9-19(17-23(20)33-6)34-35(31,32)15-7-13-28(4)14-12-26-3/h8-11,16-17,26-27H,7,12-15H2,1-6H3. The molecule has 1 aliphatic heterocycles. The summed E-state index contributed by atoms with van der Waals surface area (Å²) in [6.07, 6.45) is 0.476. The summed E-state index contributed by atoms with van der Waals surface area (Å²) in [6, 6.07) is 10.7. The minimum absolute atomic E-state index is 0.0312. The Labute approximate surface area is 208 Å². The molecule has 192 valence electrons. The number of rotatable bonds is 11. The van der Waals surface area contributed by atoms with E-state index in [0.29, 0.717) is 18.7 Å². The van der Waals surface area contributed by atoms with Gasteiger partial charge in [0.25, 0.3) is 5.91 Å². The van der Waals surface area contributed by atoms with E-state index in [1.807, 2.05) is 46.1 Å². The lowest BCUT2D eigenvalue weighted by Gasteiger charge is -2.38. The highest BCUT2D eigenvalue weighted by Crippen LogP contribution is 2.40. The summed E-state index contributed by atoms with van der Waals surface area (Å²) in [5, 5.41) is 6.35. The Morgan fingerprint density at radius 1 is 1.14 bits per heavy atom. The van der Waals surface area contributed by atoms with E-state index in [1.165, 1.54) is 7.11 Å². The molecule has 0 atom stereocenters. The number of amides is 1. The van der Waals surface area contributed by atoms with Crippen molar-refractivity contribution in [3.05, 3.63) is 36.4 Å². The average Bonchev–Trinajstić information content (AvgIpc) is 2.80. The monoisotopic (exact) mass is 504 g/mol. The van der Waals surface area contributed by atoms with Gasteiger partial charge < -0.3 is 29.4 Å². The van der Waals surface area contributed by atoms with Crippen LogP contribution in [-0.2, 0) is 14.9 Å². The Hall–Kier alpha value is -2.82. The molecule has 0 aliphatic carbocycles. The molecule has 0 radical (unpaired) electrons. The minimum atomic E-state index is -3.74. The van der Waals surface area contributed by atoms with Crippen LogP contribution in [0, 0.1) is 0 Å². The lowest BCUT2D eigenvalue weighted by molar-refractivity contribution is -0.121. The largest absolute Gasteiger partial charge is 0.496 e. The van der Waals surface area contributed by atoms with E-state index in [0.717, 1.165) is 35.6 Å². The van der Waals surface area contributed by atoms with Gasteiger partial charge in [0.05, 0.1) is 24.2 Å². The van der Waals surface area contributed by atoms with Gasteiger partial charge in [-0.25, -0.2) is 0 Å². The Bertz CT molecular complexity index is 1170. The van der Waals surface area contributed by atoms with Crippen LogP contribution >= 0.6 is 0 Å². The molecule has 1 heterocycles. The predicted octanol–water partition coefficient (Wildman–Crippen LogP) is 2.78. The van der Waals surface area contributed by atoms with Gasteiger partial charge in [0.1, 0.15) is 17.0 Å². The van der Waals surface area contributed by atoms with Crippen molar-refractivity contribution in [2.75, 3.05) is 63.9 Å². The minimum Gasteiger partial charge on any atom is -0.496 e. The van der Waals surface area contributed by atoms with Crippen LogP contribution in [0.2, 0.25) is 0 Å². The number of nitrogens with zero attached hydrogens (tertiary/aromatic N) is 2. The van der Waals surface area contributed by atoms with Crippen molar-refractivity contribution in [1.82, 2.24) is 10.2 Å². The van der Waals surface area contributed by atoms with E-state index in [-0.39, 0.29) is 17.4 Å². The molecule has 0 spiro atoms. The Morgan fingerprint density at radius 2 is 1.89 bits per heavy atom. The SMILES string of the molecule is CNCCN(C)CCCS(=O)(=O)Oc1ccc(-c2ccc3c(c2)N(C)C(=O)C(C)(C)N3)c(OC)c1. The first-order chi connectivity index (χ1) is 16.5. The van der Waals surface area contributed by atoms with Gasteiger partial charge in [-0.1, -0.05) is 6.07 Å². The zero-order chi connectivity index (χ0) is 25.8. The molecule has 0 aromatic heterocycles. The molecule has 9 nitrogen and oxygen atoms in total. The highest BCUT2D eigenvalue weighted by atomic mass is 32.2. The number of carbonyl (C=O) groups excluding carboxylic acids is 1. The van der Waals surface area contributed by atoms with Crippen LogP contribution in [0.5, 0.6) is 11.5 Å². The summed E-state index contributed by atoms with van der Waals surface area (Å²) in [6.45, 7) is 6.04. The zero-order valence-electron chi connectivity index (χ0n) is 21.3. The fourth-order valence-corrected chi connectivity index (χ4v) is 5.04. The Balaban J connectivity index is 1.75. The quantitative estimate of drug-likeness (QED) is 0.451. The molecule has 0 unspecified atom stereocenters. The van der Waals surface area contributed by atoms with Crippen LogP contribution in [-0.4, -0.2) is 78.4 Å². The second-order valence-electron chi connectivity index (χ2n) is 9.31. The summed E-state index contributed by atoms with van der Waals surface area (Å²) in [4.78, 5) is 16.4. The van der Waals surface area contributed by atoms with Crippen LogP contribution in [0.4, 0.5) is 11.4 Å². The molecule has 0 saturated carbocycles. The van der Waals surface area contributed by atoms with Gasteiger partial charge in [-0.3, -0.25) is 4.79 Å². The lowest BCUT2D eigenvalue weighted by atomic mass is 9.96. The van der Waals surface area contributed by atoms with E-state index in [4.69, 9.17) is 8.92 Å². The molecular weight excluding hydrogens is 468 g/mol. The molecule has 1 aliphatic rings. The maximum absolute atomic E-state index is 12.7. The van der Waals surface area contributed by atoms with E-state index >= 15 is 0 Å². The van der Waals surface area contributed by atoms with Crippen molar-refractivity contribution >= 4 is 27.4 Å². The zero-order valence-corrected chi connectivity index (χ0v) is 22.2. The van der Waals surface area contributed by atoms with Crippen LogP contribution in [0.15, 0.2) is 36.4 Å². The van der Waals surface area contributed by atoms with Crippen molar-refractivity contribution < 1.29 is 22.1 Å². The topological polar surface area (TPSA) is 100 Å². The Kier molecular flexibility index (Phi) is 8.30. The smallest absolute Gasteiger partial charge is 0.309 e. The lowest BCUT2D eigenvalue weighted by Crippen LogP contribution is -2.52. The first kappa shape index (κ1) is 26.8. The second-order valence-corrected chi connectivity index (χ2v) is 11.0. The third-order valence-corrected chi connectivity index (χ3v) is 7.27. The van der Waals surface area contributed by atoms with E-state index < -0.39 is 15.7 Å². The van der Waals surface area contributed by atoms with Gasteiger partial charge >= 0.3 is 10.1 Å². The van der Waals surface area contributed by atoms with Crippen molar-refractivity contribution in [2.24, 2.45) is 0 Å². The third kappa shape index (κ3) is 6.45. The number of carbonyl (C=O) groups is 1. The van der Waals surface area contributed by atoms with Crippen LogP contribution in [0.3, 0.4) is 0 Å². The first-order valence-electron chi connectivity index (χ1n) is 11.6. The van der Waals surface area contributed by atoms with Gasteiger partial charge in [-0.15, -0.1) is 0 Å². The van der Waals surface area contributed by atoms with Gasteiger partial charge in [0, 0.05) is 31.8 Å². The van der Waals surface area contributed by atoms with Crippen molar-refractivity contribution in [1.29, 1.82) is 0 Å². The molecule has 0 bridgehead atoms. The molecule has 3 rings (SSSR count). The molecule has 1 amide bonds. The number of hydrogen-bond donors (Lipinski definition) is 2. The summed E-state index contributed by atoms with van der Waals surface area (Å²) in [5.41, 5.74) is 2.53. The predicted molar refractivity (Wildman–Crippen MR) is 140 cm³/mol. The molecular formula is C25H36N4O5S. The fraction of sp³-hybridized carbons (Fsp3) is 0.480. The Morgan fingerprint density at radius 3 is 2.57 bits per heavy atom. The van der Waals surface area contributed by atoms with Gasteiger partial charge in [-0.2, -0.15) is 8.42 Å². The normalized spacial score (nSPS) is 15.1. The second kappa shape index (κ2) is 10.8. The number of hydrogen-bond acceptors (Lipinski definition) is 8. The highest BCUT2D eigenvalue weighted by Gasteiger charge is 2.36. The van der Waals surface area contributed by atoms with E-state index in [9.17, 15) is 13.2 Å². The van der Waals surface area contributed by atoms with Crippen molar-refractivity contribution in [2.45, 2.75) is 25.8 Å². The van der Waals surface area contributed by atoms with Crippen LogP contribution in [0.25, 0.3) is 11.1 Å². The number of anilines is 2. The van der Waals surface area contributed by atoms with Crippen LogP contribution < -0.4 is 24.5 Å². The average molecular weight is 505 g/mol.